The standard InChI is InChI=1S/C14H14N2O3/c1-19-14-9-5-3-7-12(14)15-10-11-6-2-4-8-13(11)16(17)18/h2-9,15H,10H2,1H3. The predicted octanol–water partition coefficient (Wildman–Crippen LogP) is 3.22. The second kappa shape index (κ2) is 5.86. The van der Waals surface area contributed by atoms with Gasteiger partial charge in [-0.2, -0.15) is 0 Å². The van der Waals surface area contributed by atoms with Crippen molar-refractivity contribution in [3.8, 4) is 5.75 Å². The molecule has 5 nitrogen and oxygen atoms in total. The van der Waals surface area contributed by atoms with E-state index in [1.54, 1.807) is 25.3 Å². The largest absolute Gasteiger partial charge is 0.495 e. The van der Waals surface area contributed by atoms with Crippen LogP contribution in [-0.2, 0) is 6.54 Å². The van der Waals surface area contributed by atoms with Gasteiger partial charge in [-0.05, 0) is 12.1 Å². The number of nitro benzene ring substituents is 1. The van der Waals surface area contributed by atoms with E-state index in [2.05, 4.69) is 5.32 Å². The minimum Gasteiger partial charge on any atom is -0.495 e. The minimum atomic E-state index is -0.376. The topological polar surface area (TPSA) is 64.4 Å². The maximum Gasteiger partial charge on any atom is 0.274 e. The lowest BCUT2D eigenvalue weighted by atomic mass is 10.1. The Morgan fingerprint density at radius 2 is 1.84 bits per heavy atom. The molecule has 0 atom stereocenters. The molecule has 0 radical (unpaired) electrons. The van der Waals surface area contributed by atoms with Gasteiger partial charge in [0.2, 0.25) is 0 Å². The maximum absolute atomic E-state index is 10.9. The zero-order chi connectivity index (χ0) is 13.7. The molecule has 98 valence electrons. The molecular weight excluding hydrogens is 244 g/mol. The minimum absolute atomic E-state index is 0.116. The normalized spacial score (nSPS) is 9.95. The molecule has 0 aliphatic heterocycles. The summed E-state index contributed by atoms with van der Waals surface area (Å²) >= 11 is 0. The highest BCUT2D eigenvalue weighted by Crippen LogP contribution is 2.25. The van der Waals surface area contributed by atoms with Gasteiger partial charge in [-0.25, -0.2) is 0 Å². The van der Waals surface area contributed by atoms with Crippen LogP contribution in [0.15, 0.2) is 48.5 Å². The summed E-state index contributed by atoms with van der Waals surface area (Å²) in [7, 11) is 1.59. The summed E-state index contributed by atoms with van der Waals surface area (Å²) in [5.41, 5.74) is 1.56. The lowest BCUT2D eigenvalue weighted by molar-refractivity contribution is -0.385. The summed E-state index contributed by atoms with van der Waals surface area (Å²) < 4.78 is 5.22. The van der Waals surface area contributed by atoms with Crippen molar-refractivity contribution in [1.82, 2.24) is 0 Å². The first-order valence-electron chi connectivity index (χ1n) is 5.81. The smallest absolute Gasteiger partial charge is 0.274 e. The number of para-hydroxylation sites is 3. The molecule has 19 heavy (non-hydrogen) atoms. The van der Waals surface area contributed by atoms with Crippen molar-refractivity contribution in [1.29, 1.82) is 0 Å². The van der Waals surface area contributed by atoms with Gasteiger partial charge in [-0.1, -0.05) is 30.3 Å². The molecule has 0 heterocycles. The van der Waals surface area contributed by atoms with E-state index in [1.807, 2.05) is 24.3 Å². The monoisotopic (exact) mass is 258 g/mol. The number of nitrogens with zero attached hydrogens (tertiary/aromatic N) is 1. The van der Waals surface area contributed by atoms with Crippen LogP contribution >= 0.6 is 0 Å². The second-order valence-electron chi connectivity index (χ2n) is 3.94. The van der Waals surface area contributed by atoms with Crippen molar-refractivity contribution >= 4 is 11.4 Å². The van der Waals surface area contributed by atoms with Gasteiger partial charge < -0.3 is 10.1 Å². The number of anilines is 1. The van der Waals surface area contributed by atoms with E-state index in [9.17, 15) is 10.1 Å². The molecule has 2 aromatic rings. The predicted molar refractivity (Wildman–Crippen MR) is 73.4 cm³/mol. The fraction of sp³-hybridized carbons (Fsp3) is 0.143. The summed E-state index contributed by atoms with van der Waals surface area (Å²) in [5, 5.41) is 14.1. The average Bonchev–Trinajstić information content (AvgIpc) is 2.45. The highest BCUT2D eigenvalue weighted by atomic mass is 16.6. The Morgan fingerprint density at radius 1 is 1.16 bits per heavy atom. The van der Waals surface area contributed by atoms with Crippen molar-refractivity contribution < 1.29 is 9.66 Å². The van der Waals surface area contributed by atoms with E-state index in [1.165, 1.54) is 6.07 Å². The lowest BCUT2D eigenvalue weighted by Crippen LogP contribution is -2.04. The molecule has 0 bridgehead atoms. The first-order valence-corrected chi connectivity index (χ1v) is 5.81. The van der Waals surface area contributed by atoms with Crippen LogP contribution in [0.3, 0.4) is 0 Å². The molecule has 0 aliphatic rings. The summed E-state index contributed by atoms with van der Waals surface area (Å²) in [5.74, 6) is 0.709. The quantitative estimate of drug-likeness (QED) is 0.660. The van der Waals surface area contributed by atoms with Gasteiger partial charge in [-0.15, -0.1) is 0 Å². The van der Waals surface area contributed by atoms with Gasteiger partial charge in [0, 0.05) is 18.2 Å². The zero-order valence-electron chi connectivity index (χ0n) is 10.5. The first kappa shape index (κ1) is 12.9. The van der Waals surface area contributed by atoms with E-state index < -0.39 is 0 Å². The molecule has 0 fully saturated rings. The summed E-state index contributed by atoms with van der Waals surface area (Å²) in [6, 6.07) is 14.1. The van der Waals surface area contributed by atoms with Gasteiger partial charge in [-0.3, -0.25) is 10.1 Å². The average molecular weight is 258 g/mol. The molecule has 1 N–H and O–H groups in total. The number of hydrogen-bond acceptors (Lipinski definition) is 4. The SMILES string of the molecule is COc1ccccc1NCc1ccccc1[N+](=O)[O-]. The zero-order valence-corrected chi connectivity index (χ0v) is 10.5. The number of methoxy groups -OCH3 is 1. The summed E-state index contributed by atoms with van der Waals surface area (Å²) in [6.07, 6.45) is 0. The maximum atomic E-state index is 10.9. The molecule has 0 saturated heterocycles. The molecule has 5 heteroatoms. The Morgan fingerprint density at radius 3 is 2.58 bits per heavy atom. The number of hydrogen-bond donors (Lipinski definition) is 1. The fourth-order valence-electron chi connectivity index (χ4n) is 1.82. The molecular formula is C14H14N2O3. The van der Waals surface area contributed by atoms with Crippen molar-refractivity contribution in [2.45, 2.75) is 6.54 Å². The van der Waals surface area contributed by atoms with Crippen LogP contribution in [-0.4, -0.2) is 12.0 Å². The number of nitrogens with one attached hydrogen (secondary N) is 1. The molecule has 0 aliphatic carbocycles. The van der Waals surface area contributed by atoms with Gasteiger partial charge in [0.25, 0.3) is 5.69 Å². The van der Waals surface area contributed by atoms with E-state index in [-0.39, 0.29) is 10.6 Å². The van der Waals surface area contributed by atoms with Crippen molar-refractivity contribution in [2.24, 2.45) is 0 Å². The van der Waals surface area contributed by atoms with Gasteiger partial charge in [0.15, 0.2) is 0 Å². The summed E-state index contributed by atoms with van der Waals surface area (Å²) in [4.78, 5) is 10.5. The molecule has 2 aromatic carbocycles. The Hall–Kier alpha value is -2.56. The number of ether oxygens (including phenoxy) is 1. The number of nitro groups is 1. The Balaban J connectivity index is 2.17. The molecule has 0 spiro atoms. The number of benzene rings is 2. The Labute approximate surface area is 111 Å². The van der Waals surface area contributed by atoms with E-state index in [4.69, 9.17) is 4.74 Å². The van der Waals surface area contributed by atoms with Gasteiger partial charge in [0.1, 0.15) is 5.75 Å². The molecule has 0 amide bonds. The van der Waals surface area contributed by atoms with Crippen LogP contribution < -0.4 is 10.1 Å². The third-order valence-corrected chi connectivity index (χ3v) is 2.76. The Kier molecular flexibility index (Phi) is 3.97. The molecule has 0 unspecified atom stereocenters. The van der Waals surface area contributed by atoms with Crippen LogP contribution in [0.25, 0.3) is 0 Å². The fourth-order valence-corrected chi connectivity index (χ4v) is 1.82. The molecule has 0 saturated carbocycles. The third-order valence-electron chi connectivity index (χ3n) is 2.76. The molecule has 2 rings (SSSR count). The molecule has 0 aromatic heterocycles. The number of rotatable bonds is 5. The highest BCUT2D eigenvalue weighted by Gasteiger charge is 2.12. The van der Waals surface area contributed by atoms with Crippen molar-refractivity contribution in [2.75, 3.05) is 12.4 Å². The third kappa shape index (κ3) is 3.01. The van der Waals surface area contributed by atoms with E-state index in [0.717, 1.165) is 5.69 Å². The lowest BCUT2D eigenvalue weighted by Gasteiger charge is -2.10. The van der Waals surface area contributed by atoms with Crippen molar-refractivity contribution in [3.63, 3.8) is 0 Å². The van der Waals surface area contributed by atoms with Crippen LogP contribution in [0.2, 0.25) is 0 Å². The van der Waals surface area contributed by atoms with Crippen LogP contribution in [0, 0.1) is 10.1 Å². The highest BCUT2D eigenvalue weighted by molar-refractivity contribution is 5.57. The first-order chi connectivity index (χ1) is 9.22. The van der Waals surface area contributed by atoms with Gasteiger partial charge in [0.05, 0.1) is 17.7 Å². The second-order valence-corrected chi connectivity index (χ2v) is 3.94. The van der Waals surface area contributed by atoms with Crippen LogP contribution in [0.4, 0.5) is 11.4 Å². The van der Waals surface area contributed by atoms with E-state index in [0.29, 0.717) is 17.9 Å². The van der Waals surface area contributed by atoms with Gasteiger partial charge >= 0.3 is 0 Å². The van der Waals surface area contributed by atoms with Crippen LogP contribution in [0.1, 0.15) is 5.56 Å². The van der Waals surface area contributed by atoms with Crippen molar-refractivity contribution in [3.05, 3.63) is 64.2 Å². The van der Waals surface area contributed by atoms with E-state index >= 15 is 0 Å². The van der Waals surface area contributed by atoms with Crippen LogP contribution in [0.5, 0.6) is 5.75 Å². The Bertz CT molecular complexity index is 584. The summed E-state index contributed by atoms with van der Waals surface area (Å²) in [6.45, 7) is 0.373.